The summed E-state index contributed by atoms with van der Waals surface area (Å²) in [6.07, 6.45) is 1.77. The van der Waals surface area contributed by atoms with Crippen LogP contribution >= 0.6 is 11.3 Å². The van der Waals surface area contributed by atoms with Crippen LogP contribution in [-0.2, 0) is 16.6 Å². The van der Waals surface area contributed by atoms with E-state index < -0.39 is 15.6 Å². The molecule has 0 saturated carbocycles. The minimum absolute atomic E-state index is 0.409. The van der Waals surface area contributed by atoms with Gasteiger partial charge in [0.05, 0.1) is 0 Å². The summed E-state index contributed by atoms with van der Waals surface area (Å²) in [5.41, 5.74) is 0.623. The molecule has 4 nitrogen and oxygen atoms in total. The number of thiophene rings is 1. The van der Waals surface area contributed by atoms with Gasteiger partial charge in [-0.3, -0.25) is 0 Å². The Bertz CT molecular complexity index is 533. The van der Waals surface area contributed by atoms with Gasteiger partial charge in [0.15, 0.2) is 0 Å². The van der Waals surface area contributed by atoms with Crippen molar-refractivity contribution in [3.05, 3.63) is 16.5 Å². The normalized spacial score (nSPS) is 12.8. The van der Waals surface area contributed by atoms with E-state index in [1.54, 1.807) is 6.07 Å². The van der Waals surface area contributed by atoms with Gasteiger partial charge in [-0.25, -0.2) is 13.1 Å². The smallest absolute Gasteiger partial charge is 0.250 e. The third-order valence-electron chi connectivity index (χ3n) is 3.08. The number of sulfonamides is 1. The first-order valence-corrected chi connectivity index (χ1v) is 9.36. The number of hydrogen-bond acceptors (Lipinski definition) is 4. The molecule has 0 radical (unpaired) electrons. The lowest BCUT2D eigenvalue weighted by molar-refractivity contribution is 0.418. The third-order valence-corrected chi connectivity index (χ3v) is 6.49. The van der Waals surface area contributed by atoms with Gasteiger partial charge in [0.25, 0.3) is 10.0 Å². The maximum Gasteiger partial charge on any atom is 0.250 e. The zero-order chi connectivity index (χ0) is 15.4. The Balaban J connectivity index is 2.93. The molecule has 1 aromatic heterocycles. The third kappa shape index (κ3) is 4.84. The highest BCUT2D eigenvalue weighted by Gasteiger charge is 2.27. The van der Waals surface area contributed by atoms with Crippen LogP contribution in [0, 0.1) is 6.92 Å². The van der Waals surface area contributed by atoms with Gasteiger partial charge in [0, 0.05) is 17.0 Å². The van der Waals surface area contributed by atoms with Crippen molar-refractivity contribution in [2.75, 3.05) is 6.54 Å². The summed E-state index contributed by atoms with van der Waals surface area (Å²) in [6, 6.07) is 1.77. The summed E-state index contributed by atoms with van der Waals surface area (Å²) >= 11 is 1.35. The fraction of sp³-hybridized carbons (Fsp3) is 0.714. The van der Waals surface area contributed by atoms with Crippen molar-refractivity contribution < 1.29 is 8.42 Å². The van der Waals surface area contributed by atoms with Crippen LogP contribution < -0.4 is 10.0 Å². The molecule has 0 unspecified atom stereocenters. The molecule has 0 aliphatic heterocycles. The molecule has 0 aromatic carbocycles. The quantitative estimate of drug-likeness (QED) is 0.774. The molecule has 0 amide bonds. The number of aryl methyl sites for hydroxylation is 1. The fourth-order valence-corrected chi connectivity index (χ4v) is 5.13. The van der Waals surface area contributed by atoms with Crippen molar-refractivity contribution in [3.8, 4) is 0 Å². The molecule has 0 spiro atoms. The Kier molecular flexibility index (Phi) is 6.19. The lowest BCUT2D eigenvalue weighted by atomic mass is 10.0. The summed E-state index contributed by atoms with van der Waals surface area (Å²) < 4.78 is 28.1. The molecular formula is C14H26N2O2S2. The monoisotopic (exact) mass is 318 g/mol. The van der Waals surface area contributed by atoms with Gasteiger partial charge in [-0.15, -0.1) is 11.3 Å². The molecule has 1 aromatic rings. The van der Waals surface area contributed by atoms with Crippen LogP contribution in [0.25, 0.3) is 0 Å². The van der Waals surface area contributed by atoms with E-state index in [-0.39, 0.29) is 0 Å². The van der Waals surface area contributed by atoms with E-state index in [0.29, 0.717) is 4.21 Å². The predicted octanol–water partition coefficient (Wildman–Crippen LogP) is 3.02. The molecule has 0 atom stereocenters. The second kappa shape index (κ2) is 7.02. The minimum Gasteiger partial charge on any atom is -0.312 e. The Hall–Kier alpha value is -0.430. The summed E-state index contributed by atoms with van der Waals surface area (Å²) in [4.78, 5) is 1.08. The molecule has 116 valence electrons. The maximum atomic E-state index is 12.4. The summed E-state index contributed by atoms with van der Waals surface area (Å²) in [6.45, 7) is 11.5. The van der Waals surface area contributed by atoms with Crippen molar-refractivity contribution in [2.24, 2.45) is 0 Å². The Labute approximate surface area is 127 Å². The highest BCUT2D eigenvalue weighted by atomic mass is 32.2. The highest BCUT2D eigenvalue weighted by molar-refractivity contribution is 7.91. The number of rotatable bonds is 8. The molecule has 6 heteroatoms. The van der Waals surface area contributed by atoms with Crippen molar-refractivity contribution in [2.45, 2.75) is 63.8 Å². The lowest BCUT2D eigenvalue weighted by Gasteiger charge is -2.24. The average Bonchev–Trinajstić information content (AvgIpc) is 2.67. The average molecular weight is 319 g/mol. The van der Waals surface area contributed by atoms with Gasteiger partial charge in [-0.1, -0.05) is 20.3 Å². The van der Waals surface area contributed by atoms with Gasteiger partial charge in [-0.05, 0) is 45.4 Å². The van der Waals surface area contributed by atoms with E-state index in [4.69, 9.17) is 0 Å². The standard InChI is InChI=1S/C14H26N2O2S2/c1-6-8-14(4,5)16-20(17,18)13-9-11(3)12(19-13)10-15-7-2/h9,15-16H,6-8,10H2,1-5H3. The van der Waals surface area contributed by atoms with Crippen LogP contribution in [0.5, 0.6) is 0 Å². The summed E-state index contributed by atoms with van der Waals surface area (Å²) in [5, 5.41) is 3.23. The zero-order valence-electron chi connectivity index (χ0n) is 13.0. The minimum atomic E-state index is -3.43. The van der Waals surface area contributed by atoms with Gasteiger partial charge in [0.1, 0.15) is 4.21 Å². The lowest BCUT2D eigenvalue weighted by Crippen LogP contribution is -2.42. The first-order valence-electron chi connectivity index (χ1n) is 7.06. The van der Waals surface area contributed by atoms with Crippen molar-refractivity contribution in [1.82, 2.24) is 10.0 Å². The second-order valence-corrected chi connectivity index (χ2v) is 8.74. The molecular weight excluding hydrogens is 292 g/mol. The van der Waals surface area contributed by atoms with Gasteiger partial charge < -0.3 is 5.32 Å². The van der Waals surface area contributed by atoms with Crippen LogP contribution in [-0.4, -0.2) is 20.5 Å². The fourth-order valence-electron chi connectivity index (χ4n) is 2.13. The largest absolute Gasteiger partial charge is 0.312 e. The molecule has 1 rings (SSSR count). The second-order valence-electron chi connectivity index (χ2n) is 5.69. The van der Waals surface area contributed by atoms with E-state index in [1.165, 1.54) is 11.3 Å². The SMILES string of the molecule is CCCC(C)(C)NS(=O)(=O)c1cc(C)c(CNCC)s1. The topological polar surface area (TPSA) is 58.2 Å². The molecule has 1 heterocycles. The maximum absolute atomic E-state index is 12.4. The molecule has 0 aliphatic carbocycles. The van der Waals surface area contributed by atoms with Crippen LogP contribution in [0.15, 0.2) is 10.3 Å². The predicted molar refractivity (Wildman–Crippen MR) is 85.7 cm³/mol. The first kappa shape index (κ1) is 17.6. The Morgan fingerprint density at radius 3 is 2.50 bits per heavy atom. The molecule has 0 saturated heterocycles. The van der Waals surface area contributed by atoms with Crippen LogP contribution in [0.2, 0.25) is 0 Å². The van der Waals surface area contributed by atoms with Crippen LogP contribution in [0.1, 0.15) is 51.0 Å². The van der Waals surface area contributed by atoms with Gasteiger partial charge in [-0.2, -0.15) is 0 Å². The molecule has 0 aliphatic rings. The highest BCUT2D eigenvalue weighted by Crippen LogP contribution is 2.27. The van der Waals surface area contributed by atoms with E-state index in [0.717, 1.165) is 36.4 Å². The number of nitrogens with one attached hydrogen (secondary N) is 2. The number of hydrogen-bond donors (Lipinski definition) is 2. The summed E-state index contributed by atoms with van der Waals surface area (Å²) in [7, 11) is -3.43. The van der Waals surface area contributed by atoms with E-state index in [9.17, 15) is 8.42 Å². The zero-order valence-corrected chi connectivity index (χ0v) is 14.7. The van der Waals surface area contributed by atoms with Crippen LogP contribution in [0.3, 0.4) is 0 Å². The first-order chi connectivity index (χ1) is 9.22. The Morgan fingerprint density at radius 1 is 1.30 bits per heavy atom. The molecule has 0 bridgehead atoms. The van der Waals surface area contributed by atoms with Crippen molar-refractivity contribution >= 4 is 21.4 Å². The van der Waals surface area contributed by atoms with Crippen molar-refractivity contribution in [1.29, 1.82) is 0 Å². The van der Waals surface area contributed by atoms with E-state index in [2.05, 4.69) is 17.0 Å². The molecule has 2 N–H and O–H groups in total. The van der Waals surface area contributed by atoms with E-state index >= 15 is 0 Å². The molecule has 20 heavy (non-hydrogen) atoms. The molecule has 0 fully saturated rings. The van der Waals surface area contributed by atoms with Crippen LogP contribution in [0.4, 0.5) is 0 Å². The Morgan fingerprint density at radius 2 is 1.95 bits per heavy atom. The van der Waals surface area contributed by atoms with Gasteiger partial charge in [0.2, 0.25) is 0 Å². The van der Waals surface area contributed by atoms with E-state index in [1.807, 2.05) is 27.7 Å². The van der Waals surface area contributed by atoms with Crippen molar-refractivity contribution in [3.63, 3.8) is 0 Å². The summed E-state index contributed by atoms with van der Waals surface area (Å²) in [5.74, 6) is 0. The van der Waals surface area contributed by atoms with Gasteiger partial charge >= 0.3 is 0 Å².